The van der Waals surface area contributed by atoms with Crippen LogP contribution in [0.5, 0.6) is 0 Å². The van der Waals surface area contributed by atoms with E-state index in [-0.39, 0.29) is 6.04 Å². The molecule has 2 nitrogen and oxygen atoms in total. The van der Waals surface area contributed by atoms with Gasteiger partial charge in [-0.2, -0.15) is 0 Å². The van der Waals surface area contributed by atoms with E-state index in [0.29, 0.717) is 6.04 Å². The number of thiophene rings is 1. The third kappa shape index (κ3) is 3.33. The van der Waals surface area contributed by atoms with Crippen molar-refractivity contribution in [1.29, 1.82) is 0 Å². The van der Waals surface area contributed by atoms with Crippen LogP contribution in [0.4, 0.5) is 0 Å². The molecule has 1 aromatic carbocycles. The van der Waals surface area contributed by atoms with Gasteiger partial charge in [0.15, 0.2) is 5.11 Å². The second-order valence-corrected chi connectivity index (χ2v) is 6.14. The standard InChI is InChI=1S/C15H16N2S2/c18-15(16-12-8-9-12)17-14(13-7-4-10-19-13)11-5-2-1-3-6-11/h1-7,10,12,14H,8-9H2,(H2,16,17,18)/t14-/m0/s1. The van der Waals surface area contributed by atoms with E-state index in [0.717, 1.165) is 5.11 Å². The highest BCUT2D eigenvalue weighted by Gasteiger charge is 2.23. The van der Waals surface area contributed by atoms with Crippen molar-refractivity contribution >= 4 is 28.7 Å². The van der Waals surface area contributed by atoms with Gasteiger partial charge in [-0.05, 0) is 42.1 Å². The first-order valence-electron chi connectivity index (χ1n) is 6.48. The summed E-state index contributed by atoms with van der Waals surface area (Å²) in [4.78, 5) is 1.28. The lowest BCUT2D eigenvalue weighted by atomic mass is 10.1. The number of thiocarbonyl (C=S) groups is 1. The Balaban J connectivity index is 1.78. The molecule has 0 aliphatic heterocycles. The Morgan fingerprint density at radius 3 is 2.58 bits per heavy atom. The molecule has 0 amide bonds. The summed E-state index contributed by atoms with van der Waals surface area (Å²) in [5.74, 6) is 0. The molecule has 1 saturated carbocycles. The zero-order chi connectivity index (χ0) is 13.1. The molecule has 98 valence electrons. The van der Waals surface area contributed by atoms with Crippen LogP contribution in [0.15, 0.2) is 47.8 Å². The van der Waals surface area contributed by atoms with Gasteiger partial charge in [-0.15, -0.1) is 11.3 Å². The summed E-state index contributed by atoms with van der Waals surface area (Å²) in [6, 6.07) is 15.4. The number of hydrogen-bond donors (Lipinski definition) is 2. The Labute approximate surface area is 122 Å². The maximum atomic E-state index is 5.40. The average molecular weight is 288 g/mol. The Hall–Kier alpha value is -1.39. The predicted molar refractivity (Wildman–Crippen MR) is 84.5 cm³/mol. The van der Waals surface area contributed by atoms with Crippen molar-refractivity contribution in [3.63, 3.8) is 0 Å². The molecule has 0 bridgehead atoms. The largest absolute Gasteiger partial charge is 0.360 e. The molecule has 0 spiro atoms. The van der Waals surface area contributed by atoms with Gasteiger partial charge in [0, 0.05) is 10.9 Å². The van der Waals surface area contributed by atoms with Crippen LogP contribution in [0, 0.1) is 0 Å². The Morgan fingerprint density at radius 1 is 1.16 bits per heavy atom. The quantitative estimate of drug-likeness (QED) is 0.843. The Bertz CT molecular complexity index is 533. The lowest BCUT2D eigenvalue weighted by molar-refractivity contribution is 0.746. The molecule has 1 aromatic heterocycles. The van der Waals surface area contributed by atoms with E-state index in [9.17, 15) is 0 Å². The van der Waals surface area contributed by atoms with E-state index in [1.165, 1.54) is 23.3 Å². The van der Waals surface area contributed by atoms with Crippen LogP contribution in [0.2, 0.25) is 0 Å². The van der Waals surface area contributed by atoms with Crippen LogP contribution < -0.4 is 10.6 Å². The van der Waals surface area contributed by atoms with E-state index >= 15 is 0 Å². The van der Waals surface area contributed by atoms with Gasteiger partial charge in [0.25, 0.3) is 0 Å². The minimum atomic E-state index is 0.139. The van der Waals surface area contributed by atoms with Gasteiger partial charge in [-0.1, -0.05) is 36.4 Å². The van der Waals surface area contributed by atoms with Gasteiger partial charge in [0.2, 0.25) is 0 Å². The Kier molecular flexibility index (Phi) is 3.80. The first-order chi connectivity index (χ1) is 9.33. The van der Waals surface area contributed by atoms with E-state index in [4.69, 9.17) is 12.2 Å². The molecule has 0 radical (unpaired) electrons. The normalized spacial score (nSPS) is 15.8. The second kappa shape index (κ2) is 5.72. The summed E-state index contributed by atoms with van der Waals surface area (Å²) < 4.78 is 0. The van der Waals surface area contributed by atoms with Crippen molar-refractivity contribution in [1.82, 2.24) is 10.6 Å². The van der Waals surface area contributed by atoms with Gasteiger partial charge in [0.1, 0.15) is 0 Å². The minimum Gasteiger partial charge on any atom is -0.360 e. The highest BCUT2D eigenvalue weighted by atomic mass is 32.1. The molecular formula is C15H16N2S2. The lowest BCUT2D eigenvalue weighted by Crippen LogP contribution is -2.38. The van der Waals surface area contributed by atoms with Gasteiger partial charge < -0.3 is 10.6 Å². The van der Waals surface area contributed by atoms with E-state index in [2.05, 4.69) is 52.4 Å². The maximum absolute atomic E-state index is 5.40. The van der Waals surface area contributed by atoms with Crippen LogP contribution >= 0.6 is 23.6 Å². The third-order valence-electron chi connectivity index (χ3n) is 3.15. The molecule has 1 aliphatic rings. The van der Waals surface area contributed by atoms with Crippen molar-refractivity contribution < 1.29 is 0 Å². The molecule has 3 rings (SSSR count). The Morgan fingerprint density at radius 2 is 1.95 bits per heavy atom. The molecule has 4 heteroatoms. The van der Waals surface area contributed by atoms with Crippen molar-refractivity contribution in [2.75, 3.05) is 0 Å². The van der Waals surface area contributed by atoms with Crippen molar-refractivity contribution in [2.24, 2.45) is 0 Å². The average Bonchev–Trinajstić information content (AvgIpc) is 3.08. The van der Waals surface area contributed by atoms with Crippen molar-refractivity contribution in [3.8, 4) is 0 Å². The van der Waals surface area contributed by atoms with Crippen molar-refractivity contribution in [2.45, 2.75) is 24.9 Å². The summed E-state index contributed by atoms with van der Waals surface area (Å²) in [6.07, 6.45) is 2.47. The fourth-order valence-electron chi connectivity index (χ4n) is 2.01. The lowest BCUT2D eigenvalue weighted by Gasteiger charge is -2.20. The molecule has 2 N–H and O–H groups in total. The number of rotatable bonds is 4. The first-order valence-corrected chi connectivity index (χ1v) is 7.77. The fraction of sp³-hybridized carbons (Fsp3) is 0.267. The molecule has 19 heavy (non-hydrogen) atoms. The summed E-state index contributed by atoms with van der Waals surface area (Å²) in [5, 5.41) is 9.63. The number of benzene rings is 1. The molecule has 1 atom stereocenters. The monoisotopic (exact) mass is 288 g/mol. The van der Waals surface area contributed by atoms with Crippen LogP contribution in [0.1, 0.15) is 29.3 Å². The molecular weight excluding hydrogens is 272 g/mol. The van der Waals surface area contributed by atoms with Gasteiger partial charge >= 0.3 is 0 Å². The highest BCUT2D eigenvalue weighted by Crippen LogP contribution is 2.26. The molecule has 0 saturated heterocycles. The maximum Gasteiger partial charge on any atom is 0.167 e. The topological polar surface area (TPSA) is 24.1 Å². The first kappa shape index (κ1) is 12.6. The second-order valence-electron chi connectivity index (χ2n) is 4.75. The summed E-state index contributed by atoms with van der Waals surface area (Å²) in [5.41, 5.74) is 1.24. The molecule has 1 heterocycles. The SMILES string of the molecule is S=C(NC1CC1)N[C@@H](c1ccccc1)c1cccs1. The predicted octanol–water partition coefficient (Wildman–Crippen LogP) is 3.46. The molecule has 2 aromatic rings. The number of nitrogens with one attached hydrogen (secondary N) is 2. The fourth-order valence-corrected chi connectivity index (χ4v) is 3.09. The van der Waals surface area contributed by atoms with Gasteiger partial charge in [-0.3, -0.25) is 0 Å². The number of hydrogen-bond acceptors (Lipinski definition) is 2. The van der Waals surface area contributed by atoms with Crippen LogP contribution in [0.3, 0.4) is 0 Å². The van der Waals surface area contributed by atoms with E-state index in [1.54, 1.807) is 11.3 Å². The van der Waals surface area contributed by atoms with Gasteiger partial charge in [-0.25, -0.2) is 0 Å². The van der Waals surface area contributed by atoms with E-state index < -0.39 is 0 Å². The van der Waals surface area contributed by atoms with Crippen LogP contribution in [-0.4, -0.2) is 11.2 Å². The summed E-state index contributed by atoms with van der Waals surface area (Å²) in [6.45, 7) is 0. The molecule has 0 unspecified atom stereocenters. The highest BCUT2D eigenvalue weighted by molar-refractivity contribution is 7.80. The minimum absolute atomic E-state index is 0.139. The molecule has 1 aliphatic carbocycles. The zero-order valence-electron chi connectivity index (χ0n) is 10.5. The zero-order valence-corrected chi connectivity index (χ0v) is 12.1. The smallest absolute Gasteiger partial charge is 0.167 e. The molecule has 1 fully saturated rings. The summed E-state index contributed by atoms with van der Waals surface area (Å²) in [7, 11) is 0. The third-order valence-corrected chi connectivity index (χ3v) is 4.32. The van der Waals surface area contributed by atoms with Crippen LogP contribution in [-0.2, 0) is 0 Å². The van der Waals surface area contributed by atoms with Gasteiger partial charge in [0.05, 0.1) is 6.04 Å². The summed E-state index contributed by atoms with van der Waals surface area (Å²) >= 11 is 7.16. The van der Waals surface area contributed by atoms with Crippen LogP contribution in [0.25, 0.3) is 0 Å². The van der Waals surface area contributed by atoms with Crippen molar-refractivity contribution in [3.05, 3.63) is 58.3 Å². The van der Waals surface area contributed by atoms with E-state index in [1.807, 2.05) is 6.07 Å².